The van der Waals surface area contributed by atoms with Crippen molar-refractivity contribution in [2.75, 3.05) is 5.32 Å². The zero-order valence-corrected chi connectivity index (χ0v) is 7.73. The first kappa shape index (κ1) is 10.2. The lowest BCUT2D eigenvalue weighted by atomic mass is 10.1. The van der Waals surface area contributed by atoms with Crippen LogP contribution in [0.3, 0.4) is 0 Å². The fourth-order valence-corrected chi connectivity index (χ4v) is 0.815. The molecule has 0 aliphatic heterocycles. The smallest absolute Gasteiger partial charge is 0.236 e. The van der Waals surface area contributed by atoms with Crippen molar-refractivity contribution < 1.29 is 9.59 Å². The molecule has 0 fully saturated rings. The number of hydrogen-bond acceptors (Lipinski definition) is 3. The van der Waals surface area contributed by atoms with Gasteiger partial charge in [-0.1, -0.05) is 0 Å². The minimum atomic E-state index is -0.830. The first-order valence-corrected chi connectivity index (χ1v) is 4.11. The van der Waals surface area contributed by atoms with Crippen LogP contribution in [0.5, 0.6) is 0 Å². The van der Waals surface area contributed by atoms with Gasteiger partial charge >= 0.3 is 0 Å². The van der Waals surface area contributed by atoms with Gasteiger partial charge in [-0.05, 0) is 19.1 Å². The summed E-state index contributed by atoms with van der Waals surface area (Å²) in [6.07, 6.45) is 3.09. The lowest BCUT2D eigenvalue weighted by Crippen LogP contribution is -2.32. The maximum atomic E-state index is 11.3. The van der Waals surface area contributed by atoms with E-state index in [-0.39, 0.29) is 0 Å². The number of aromatic nitrogens is 1. The van der Waals surface area contributed by atoms with E-state index in [1.54, 1.807) is 24.5 Å². The van der Waals surface area contributed by atoms with Crippen molar-refractivity contribution in [2.24, 2.45) is 11.7 Å². The molecule has 1 heterocycles. The lowest BCUT2D eigenvalue weighted by molar-refractivity contribution is -0.129. The zero-order chi connectivity index (χ0) is 10.6. The van der Waals surface area contributed by atoms with Crippen molar-refractivity contribution in [2.45, 2.75) is 6.92 Å². The Bertz CT molecular complexity index is 337. The summed E-state index contributed by atoms with van der Waals surface area (Å²) in [6.45, 7) is 1.46. The van der Waals surface area contributed by atoms with Gasteiger partial charge in [-0.3, -0.25) is 14.6 Å². The van der Waals surface area contributed by atoms with Crippen molar-refractivity contribution in [1.29, 1.82) is 0 Å². The van der Waals surface area contributed by atoms with E-state index < -0.39 is 17.7 Å². The maximum absolute atomic E-state index is 11.3. The zero-order valence-electron chi connectivity index (χ0n) is 7.73. The Kier molecular flexibility index (Phi) is 3.17. The van der Waals surface area contributed by atoms with Crippen LogP contribution in [-0.4, -0.2) is 16.8 Å². The van der Waals surface area contributed by atoms with Gasteiger partial charge in [0.05, 0.1) is 0 Å². The molecule has 0 radical (unpaired) electrons. The summed E-state index contributed by atoms with van der Waals surface area (Å²) in [6, 6.07) is 3.26. The molecule has 0 bridgehead atoms. The highest BCUT2D eigenvalue weighted by Crippen LogP contribution is 2.05. The van der Waals surface area contributed by atoms with E-state index in [2.05, 4.69) is 10.3 Å². The van der Waals surface area contributed by atoms with Crippen molar-refractivity contribution in [1.82, 2.24) is 4.98 Å². The minimum Gasteiger partial charge on any atom is -0.369 e. The Balaban J connectivity index is 2.62. The van der Waals surface area contributed by atoms with Gasteiger partial charge in [0, 0.05) is 18.1 Å². The van der Waals surface area contributed by atoms with E-state index in [0.29, 0.717) is 5.69 Å². The molecule has 0 aliphatic rings. The molecule has 2 amide bonds. The number of rotatable bonds is 3. The van der Waals surface area contributed by atoms with Crippen LogP contribution in [0, 0.1) is 5.92 Å². The Morgan fingerprint density at radius 2 is 2.00 bits per heavy atom. The highest BCUT2D eigenvalue weighted by Gasteiger charge is 2.18. The molecule has 74 valence electrons. The summed E-state index contributed by atoms with van der Waals surface area (Å²) < 4.78 is 0. The maximum Gasteiger partial charge on any atom is 0.236 e. The van der Waals surface area contributed by atoms with Crippen LogP contribution in [-0.2, 0) is 9.59 Å². The van der Waals surface area contributed by atoms with E-state index in [4.69, 9.17) is 5.73 Å². The Morgan fingerprint density at radius 1 is 1.43 bits per heavy atom. The van der Waals surface area contributed by atoms with Crippen molar-refractivity contribution in [3.05, 3.63) is 24.5 Å². The fraction of sp³-hybridized carbons (Fsp3) is 0.222. The fourth-order valence-electron chi connectivity index (χ4n) is 0.815. The third-order valence-corrected chi connectivity index (χ3v) is 1.77. The number of pyridine rings is 1. The average molecular weight is 193 g/mol. The van der Waals surface area contributed by atoms with E-state index >= 15 is 0 Å². The molecule has 1 aromatic rings. The molecule has 1 unspecified atom stereocenters. The molecule has 0 saturated heterocycles. The van der Waals surface area contributed by atoms with Crippen LogP contribution in [0.25, 0.3) is 0 Å². The molecule has 5 nitrogen and oxygen atoms in total. The molecule has 0 aliphatic carbocycles. The number of primary amides is 1. The predicted octanol–water partition coefficient (Wildman–Crippen LogP) is 0.141. The van der Waals surface area contributed by atoms with Gasteiger partial charge in [0.2, 0.25) is 11.8 Å². The summed E-state index contributed by atoms with van der Waals surface area (Å²) in [5.41, 5.74) is 5.57. The Hall–Kier alpha value is -1.91. The van der Waals surface area contributed by atoms with Gasteiger partial charge in [0.25, 0.3) is 0 Å². The van der Waals surface area contributed by atoms with Crippen molar-refractivity contribution >= 4 is 17.5 Å². The number of carbonyl (C=O) groups is 2. The quantitative estimate of drug-likeness (QED) is 0.669. The monoisotopic (exact) mass is 193 g/mol. The summed E-state index contributed by atoms with van der Waals surface area (Å²) in [7, 11) is 0. The van der Waals surface area contributed by atoms with Crippen LogP contribution in [0.15, 0.2) is 24.5 Å². The van der Waals surface area contributed by atoms with Crippen LogP contribution in [0.1, 0.15) is 6.92 Å². The Morgan fingerprint density at radius 3 is 2.50 bits per heavy atom. The number of nitrogens with zero attached hydrogens (tertiary/aromatic N) is 1. The van der Waals surface area contributed by atoms with Gasteiger partial charge in [-0.2, -0.15) is 0 Å². The van der Waals surface area contributed by atoms with E-state index in [1.807, 2.05) is 0 Å². The number of nitrogens with one attached hydrogen (secondary N) is 1. The molecule has 0 saturated carbocycles. The molecule has 0 aromatic carbocycles. The van der Waals surface area contributed by atoms with Gasteiger partial charge in [0.15, 0.2) is 0 Å². The average Bonchev–Trinajstić information content (AvgIpc) is 2.18. The third kappa shape index (κ3) is 2.55. The molecule has 1 aromatic heterocycles. The molecule has 3 N–H and O–H groups in total. The first-order valence-electron chi connectivity index (χ1n) is 4.11. The van der Waals surface area contributed by atoms with Crippen molar-refractivity contribution in [3.8, 4) is 0 Å². The molecular formula is C9H11N3O2. The Labute approximate surface area is 81.3 Å². The van der Waals surface area contributed by atoms with Gasteiger partial charge in [-0.15, -0.1) is 0 Å². The minimum absolute atomic E-state index is 0.413. The van der Waals surface area contributed by atoms with Gasteiger partial charge < -0.3 is 11.1 Å². The molecule has 1 atom stereocenters. The second-order valence-corrected chi connectivity index (χ2v) is 2.85. The highest BCUT2D eigenvalue weighted by molar-refractivity contribution is 6.05. The highest BCUT2D eigenvalue weighted by atomic mass is 16.2. The predicted molar refractivity (Wildman–Crippen MR) is 51.2 cm³/mol. The van der Waals surface area contributed by atoms with Gasteiger partial charge in [0.1, 0.15) is 5.92 Å². The number of amides is 2. The molecule has 0 spiro atoms. The topological polar surface area (TPSA) is 85.1 Å². The van der Waals surface area contributed by atoms with Gasteiger partial charge in [-0.25, -0.2) is 0 Å². The lowest BCUT2D eigenvalue weighted by Gasteiger charge is -2.07. The second kappa shape index (κ2) is 4.36. The van der Waals surface area contributed by atoms with Crippen LogP contribution < -0.4 is 11.1 Å². The third-order valence-electron chi connectivity index (χ3n) is 1.77. The van der Waals surface area contributed by atoms with E-state index in [9.17, 15) is 9.59 Å². The van der Waals surface area contributed by atoms with Crippen LogP contribution in [0.4, 0.5) is 5.69 Å². The SMILES string of the molecule is CC(C(N)=O)C(=O)Nc1ccncc1. The largest absolute Gasteiger partial charge is 0.369 e. The number of carbonyl (C=O) groups excluding carboxylic acids is 2. The normalized spacial score (nSPS) is 11.8. The van der Waals surface area contributed by atoms with Crippen molar-refractivity contribution in [3.63, 3.8) is 0 Å². The van der Waals surface area contributed by atoms with E-state index in [1.165, 1.54) is 6.92 Å². The summed E-state index contributed by atoms with van der Waals surface area (Å²) in [4.78, 5) is 25.8. The summed E-state index contributed by atoms with van der Waals surface area (Å²) in [5.74, 6) is -1.89. The summed E-state index contributed by atoms with van der Waals surface area (Å²) >= 11 is 0. The second-order valence-electron chi connectivity index (χ2n) is 2.85. The number of hydrogen-bond donors (Lipinski definition) is 2. The number of anilines is 1. The molecule has 14 heavy (non-hydrogen) atoms. The van der Waals surface area contributed by atoms with E-state index in [0.717, 1.165) is 0 Å². The van der Waals surface area contributed by atoms with Crippen LogP contribution in [0.2, 0.25) is 0 Å². The first-order chi connectivity index (χ1) is 6.61. The number of nitrogens with two attached hydrogens (primary N) is 1. The molecule has 5 heteroatoms. The van der Waals surface area contributed by atoms with Crippen LogP contribution >= 0.6 is 0 Å². The molecular weight excluding hydrogens is 182 g/mol. The molecule has 1 rings (SSSR count). The standard InChI is InChI=1S/C9H11N3O2/c1-6(8(10)13)9(14)12-7-2-4-11-5-3-7/h2-6H,1H3,(H2,10,13)(H,11,12,14). The summed E-state index contributed by atoms with van der Waals surface area (Å²) in [5, 5.41) is 2.54.